The summed E-state index contributed by atoms with van der Waals surface area (Å²) in [6.45, 7) is 1.94. The Kier molecular flexibility index (Phi) is 7.25. The third-order valence-electron chi connectivity index (χ3n) is 3.38. The molecule has 100 valence electrons. The minimum atomic E-state index is -0.516. The number of carbonyl (C=O) groups excluding carboxylic acids is 1. The molecule has 1 rings (SSSR count). The summed E-state index contributed by atoms with van der Waals surface area (Å²) in [5.41, 5.74) is 0. The van der Waals surface area contributed by atoms with Crippen LogP contribution >= 0.6 is 0 Å². The van der Waals surface area contributed by atoms with E-state index < -0.39 is 6.10 Å². The van der Waals surface area contributed by atoms with Crippen LogP contribution in [0.3, 0.4) is 0 Å². The number of rotatable bonds is 0. The lowest BCUT2D eigenvalue weighted by Crippen LogP contribution is -2.20. The summed E-state index contributed by atoms with van der Waals surface area (Å²) in [4.78, 5) is 11.5. The molecule has 0 spiro atoms. The summed E-state index contributed by atoms with van der Waals surface area (Å²) >= 11 is 0. The average molecular weight is 242 g/mol. The zero-order valence-corrected chi connectivity index (χ0v) is 11.0. The van der Waals surface area contributed by atoms with Crippen LogP contribution in [-0.4, -0.2) is 23.3 Å². The van der Waals surface area contributed by atoms with Crippen molar-refractivity contribution >= 4 is 5.97 Å². The van der Waals surface area contributed by atoms with Crippen molar-refractivity contribution in [1.29, 1.82) is 0 Å². The Labute approximate surface area is 105 Å². The van der Waals surface area contributed by atoms with Gasteiger partial charge in [-0.1, -0.05) is 38.5 Å². The molecule has 0 saturated carbocycles. The molecular formula is C14H26O3. The zero-order valence-electron chi connectivity index (χ0n) is 11.0. The third kappa shape index (κ3) is 7.37. The second kappa shape index (κ2) is 8.51. The van der Waals surface area contributed by atoms with Gasteiger partial charge in [0.25, 0.3) is 0 Å². The number of cyclic esters (lactones) is 1. The molecule has 0 aliphatic carbocycles. The fraction of sp³-hybridized carbons (Fsp3) is 0.929. The smallest absolute Gasteiger partial charge is 0.308 e. The zero-order chi connectivity index (χ0) is 12.5. The second-order valence-electron chi connectivity index (χ2n) is 5.21. The number of ether oxygens (including phenoxy) is 1. The van der Waals surface area contributed by atoms with Crippen molar-refractivity contribution in [3.05, 3.63) is 0 Å². The van der Waals surface area contributed by atoms with Crippen LogP contribution in [0.1, 0.15) is 71.1 Å². The van der Waals surface area contributed by atoms with Gasteiger partial charge in [-0.25, -0.2) is 0 Å². The van der Waals surface area contributed by atoms with Gasteiger partial charge < -0.3 is 9.84 Å². The molecule has 17 heavy (non-hydrogen) atoms. The minimum Gasteiger partial charge on any atom is -0.463 e. The van der Waals surface area contributed by atoms with Crippen LogP contribution in [0.15, 0.2) is 0 Å². The molecule has 0 aromatic rings. The van der Waals surface area contributed by atoms with Crippen LogP contribution in [0.5, 0.6) is 0 Å². The Balaban J connectivity index is 2.34. The first-order valence-electron chi connectivity index (χ1n) is 7.06. The lowest BCUT2D eigenvalue weighted by molar-refractivity contribution is -0.150. The van der Waals surface area contributed by atoms with Crippen LogP contribution in [0, 0.1) is 0 Å². The molecule has 2 atom stereocenters. The van der Waals surface area contributed by atoms with Crippen molar-refractivity contribution in [2.75, 3.05) is 0 Å². The van der Waals surface area contributed by atoms with Gasteiger partial charge in [0.15, 0.2) is 0 Å². The van der Waals surface area contributed by atoms with Gasteiger partial charge in [0.2, 0.25) is 0 Å². The topological polar surface area (TPSA) is 46.5 Å². The van der Waals surface area contributed by atoms with Crippen LogP contribution in [0.4, 0.5) is 0 Å². The highest BCUT2D eigenvalue weighted by Gasteiger charge is 2.14. The van der Waals surface area contributed by atoms with Crippen molar-refractivity contribution in [3.8, 4) is 0 Å². The predicted molar refractivity (Wildman–Crippen MR) is 67.7 cm³/mol. The fourth-order valence-electron chi connectivity index (χ4n) is 2.32. The molecule has 1 unspecified atom stereocenters. The summed E-state index contributed by atoms with van der Waals surface area (Å²) in [5, 5.41) is 9.67. The molecule has 0 radical (unpaired) electrons. The molecule has 1 aliphatic heterocycles. The molecule has 0 bridgehead atoms. The Bertz CT molecular complexity index is 196. The fourth-order valence-corrected chi connectivity index (χ4v) is 2.32. The molecule has 1 heterocycles. The molecule has 0 amide bonds. The molecular weight excluding hydrogens is 216 g/mol. The quantitative estimate of drug-likeness (QED) is 0.664. The summed E-state index contributed by atoms with van der Waals surface area (Å²) in [6.07, 6.45) is 9.71. The van der Waals surface area contributed by atoms with Gasteiger partial charge in [-0.2, -0.15) is 0 Å². The molecule has 3 heteroatoms. The highest BCUT2D eigenvalue weighted by molar-refractivity contribution is 5.70. The predicted octanol–water partition coefficient (Wildman–Crippen LogP) is 3.19. The molecule has 0 aromatic heterocycles. The van der Waals surface area contributed by atoms with E-state index >= 15 is 0 Å². The van der Waals surface area contributed by atoms with Crippen molar-refractivity contribution in [2.24, 2.45) is 0 Å². The summed E-state index contributed by atoms with van der Waals surface area (Å²) in [5.74, 6) is -0.248. The number of esters is 1. The first-order chi connectivity index (χ1) is 8.18. The highest BCUT2D eigenvalue weighted by atomic mass is 16.5. The lowest BCUT2D eigenvalue weighted by atomic mass is 10.0. The van der Waals surface area contributed by atoms with Gasteiger partial charge in [0.1, 0.15) is 0 Å². The largest absolute Gasteiger partial charge is 0.463 e. The van der Waals surface area contributed by atoms with Gasteiger partial charge in [-0.3, -0.25) is 4.79 Å². The van der Waals surface area contributed by atoms with Crippen molar-refractivity contribution < 1.29 is 14.6 Å². The van der Waals surface area contributed by atoms with Crippen LogP contribution in [-0.2, 0) is 9.53 Å². The molecule has 1 aliphatic rings. The Morgan fingerprint density at radius 1 is 1.00 bits per heavy atom. The van der Waals surface area contributed by atoms with Gasteiger partial charge in [0, 0.05) is 0 Å². The molecule has 3 nitrogen and oxygen atoms in total. The summed E-state index contributed by atoms with van der Waals surface area (Å²) in [6, 6.07) is 0. The first-order valence-corrected chi connectivity index (χ1v) is 7.06. The number of aliphatic hydroxyl groups is 1. The van der Waals surface area contributed by atoms with E-state index in [0.717, 1.165) is 25.7 Å². The van der Waals surface area contributed by atoms with Gasteiger partial charge in [-0.05, 0) is 26.2 Å². The summed E-state index contributed by atoms with van der Waals surface area (Å²) < 4.78 is 5.27. The molecule has 1 N–H and O–H groups in total. The summed E-state index contributed by atoms with van der Waals surface area (Å²) in [7, 11) is 0. The van der Waals surface area contributed by atoms with E-state index in [-0.39, 0.29) is 18.5 Å². The van der Waals surface area contributed by atoms with E-state index in [1.165, 1.54) is 32.1 Å². The van der Waals surface area contributed by atoms with Crippen molar-refractivity contribution in [2.45, 2.75) is 83.3 Å². The van der Waals surface area contributed by atoms with E-state index in [1.54, 1.807) is 0 Å². The number of carbonyl (C=O) groups is 1. The maximum Gasteiger partial charge on any atom is 0.308 e. The Morgan fingerprint density at radius 2 is 1.53 bits per heavy atom. The van der Waals surface area contributed by atoms with Crippen LogP contribution < -0.4 is 0 Å². The maximum atomic E-state index is 11.5. The van der Waals surface area contributed by atoms with Gasteiger partial charge >= 0.3 is 5.97 Å². The van der Waals surface area contributed by atoms with Crippen LogP contribution in [0.2, 0.25) is 0 Å². The van der Waals surface area contributed by atoms with E-state index in [0.29, 0.717) is 0 Å². The van der Waals surface area contributed by atoms with Crippen LogP contribution in [0.25, 0.3) is 0 Å². The van der Waals surface area contributed by atoms with E-state index in [4.69, 9.17) is 4.74 Å². The monoisotopic (exact) mass is 242 g/mol. The maximum absolute atomic E-state index is 11.5. The Morgan fingerprint density at radius 3 is 2.18 bits per heavy atom. The lowest BCUT2D eigenvalue weighted by Gasteiger charge is -2.16. The minimum absolute atomic E-state index is 0.00218. The highest BCUT2D eigenvalue weighted by Crippen LogP contribution is 2.15. The number of hydrogen-bond donors (Lipinski definition) is 1. The first kappa shape index (κ1) is 14.5. The molecule has 1 saturated heterocycles. The second-order valence-corrected chi connectivity index (χ2v) is 5.21. The van der Waals surface area contributed by atoms with E-state index in [1.807, 2.05) is 6.92 Å². The van der Waals surface area contributed by atoms with E-state index in [9.17, 15) is 9.90 Å². The van der Waals surface area contributed by atoms with Gasteiger partial charge in [0.05, 0.1) is 18.6 Å². The standard InChI is InChI=1S/C14H26O3/c1-12-9-7-5-3-2-4-6-8-10-13(15)11-14(16)17-12/h12-13,15H,2-11H2,1H3/t12?,13-/m0/s1. The normalized spacial score (nSPS) is 30.4. The Hall–Kier alpha value is -0.570. The molecule has 1 fully saturated rings. The van der Waals surface area contributed by atoms with Crippen molar-refractivity contribution in [1.82, 2.24) is 0 Å². The average Bonchev–Trinajstić information content (AvgIpc) is 2.25. The number of aliphatic hydroxyl groups excluding tert-OH is 1. The van der Waals surface area contributed by atoms with Gasteiger partial charge in [-0.15, -0.1) is 0 Å². The SMILES string of the molecule is CC1CCCCCCCCC[C@H](O)CC(=O)O1. The number of hydrogen-bond acceptors (Lipinski definition) is 3. The van der Waals surface area contributed by atoms with Crippen molar-refractivity contribution in [3.63, 3.8) is 0 Å². The van der Waals surface area contributed by atoms with E-state index in [2.05, 4.69) is 0 Å². The third-order valence-corrected chi connectivity index (χ3v) is 3.38. The molecule has 0 aromatic carbocycles.